The Labute approximate surface area is 165 Å². The normalized spacial score (nSPS) is 23.9. The summed E-state index contributed by atoms with van der Waals surface area (Å²) in [7, 11) is 1.85. The Morgan fingerprint density at radius 3 is 2.11 bits per heavy atom. The number of likely N-dealkylation sites (N-methyl/N-ethyl adjacent to an activating group) is 1. The van der Waals surface area contributed by atoms with Crippen molar-refractivity contribution in [3.8, 4) is 0 Å². The monoisotopic (exact) mass is 378 g/mol. The highest BCUT2D eigenvalue weighted by Crippen LogP contribution is 2.41. The van der Waals surface area contributed by atoms with E-state index in [9.17, 15) is 14.7 Å². The van der Waals surface area contributed by atoms with E-state index in [-0.39, 0.29) is 36.5 Å². The second-order valence-electron chi connectivity index (χ2n) is 7.88. The van der Waals surface area contributed by atoms with Crippen molar-refractivity contribution in [2.45, 2.75) is 37.4 Å². The van der Waals surface area contributed by atoms with Gasteiger partial charge in [-0.25, -0.2) is 0 Å². The zero-order chi connectivity index (χ0) is 19.7. The van der Waals surface area contributed by atoms with Crippen LogP contribution in [0.25, 0.3) is 0 Å². The van der Waals surface area contributed by atoms with Crippen LogP contribution in [0.1, 0.15) is 36.4 Å². The van der Waals surface area contributed by atoms with E-state index >= 15 is 0 Å². The zero-order valence-corrected chi connectivity index (χ0v) is 16.1. The Morgan fingerprint density at radius 1 is 1.04 bits per heavy atom. The minimum absolute atomic E-state index is 0.00764. The number of amides is 1. The molecule has 146 valence electrons. The number of hydrogen-bond acceptors (Lipinski definition) is 3. The van der Waals surface area contributed by atoms with E-state index in [0.29, 0.717) is 6.42 Å². The van der Waals surface area contributed by atoms with E-state index in [1.54, 1.807) is 4.90 Å². The van der Waals surface area contributed by atoms with E-state index in [4.69, 9.17) is 0 Å². The van der Waals surface area contributed by atoms with Crippen molar-refractivity contribution in [1.29, 1.82) is 0 Å². The maximum Gasteiger partial charge on any atom is 0.308 e. The molecule has 2 bridgehead atoms. The van der Waals surface area contributed by atoms with Crippen LogP contribution >= 0.6 is 0 Å². The minimum atomic E-state index is -0.732. The SMILES string of the molecule is CN(C(=O)CN1C2CCC1C(C(=O)O)C2)C(c1ccccc1)c1ccccc1. The third kappa shape index (κ3) is 3.42. The van der Waals surface area contributed by atoms with Crippen LogP contribution in [-0.2, 0) is 9.59 Å². The molecule has 5 heteroatoms. The molecular weight excluding hydrogens is 352 g/mol. The molecule has 0 aliphatic carbocycles. The van der Waals surface area contributed by atoms with E-state index in [0.717, 1.165) is 24.0 Å². The molecule has 3 unspecified atom stereocenters. The van der Waals surface area contributed by atoms with Crippen molar-refractivity contribution >= 4 is 11.9 Å². The largest absolute Gasteiger partial charge is 0.481 e. The third-order valence-electron chi connectivity index (χ3n) is 6.33. The summed E-state index contributed by atoms with van der Waals surface area (Å²) in [6, 6.07) is 20.1. The first kappa shape index (κ1) is 18.7. The summed E-state index contributed by atoms with van der Waals surface area (Å²) >= 11 is 0. The zero-order valence-electron chi connectivity index (χ0n) is 16.1. The molecule has 28 heavy (non-hydrogen) atoms. The summed E-state index contributed by atoms with van der Waals surface area (Å²) in [5.74, 6) is -1.04. The maximum absolute atomic E-state index is 13.2. The summed E-state index contributed by atoms with van der Waals surface area (Å²) in [5.41, 5.74) is 2.13. The predicted molar refractivity (Wildman–Crippen MR) is 107 cm³/mol. The van der Waals surface area contributed by atoms with Gasteiger partial charge in [0.05, 0.1) is 18.5 Å². The molecule has 3 atom stereocenters. The van der Waals surface area contributed by atoms with Crippen LogP contribution in [0.3, 0.4) is 0 Å². The number of carboxylic acid groups (broad SMARTS) is 1. The van der Waals surface area contributed by atoms with Gasteiger partial charge in [0.15, 0.2) is 0 Å². The smallest absolute Gasteiger partial charge is 0.308 e. The molecule has 0 radical (unpaired) electrons. The van der Waals surface area contributed by atoms with Crippen LogP contribution in [0, 0.1) is 5.92 Å². The average molecular weight is 378 g/mol. The highest BCUT2D eigenvalue weighted by Gasteiger charge is 2.49. The lowest BCUT2D eigenvalue weighted by molar-refractivity contribution is -0.143. The number of carbonyl (C=O) groups excluding carboxylic acids is 1. The third-order valence-corrected chi connectivity index (χ3v) is 6.33. The predicted octanol–water partition coefficient (Wildman–Crippen LogP) is 3.17. The molecule has 2 aliphatic rings. The van der Waals surface area contributed by atoms with Gasteiger partial charge in [-0.3, -0.25) is 14.5 Å². The van der Waals surface area contributed by atoms with E-state index in [2.05, 4.69) is 4.90 Å². The number of aliphatic carboxylic acids is 1. The number of carboxylic acids is 1. The fraction of sp³-hybridized carbons (Fsp3) is 0.391. The van der Waals surface area contributed by atoms with Gasteiger partial charge >= 0.3 is 5.97 Å². The molecule has 0 saturated carbocycles. The lowest BCUT2D eigenvalue weighted by Crippen LogP contribution is -2.43. The van der Waals surface area contributed by atoms with Crippen molar-refractivity contribution in [2.24, 2.45) is 5.92 Å². The van der Waals surface area contributed by atoms with Gasteiger partial charge in [-0.1, -0.05) is 60.7 Å². The summed E-state index contributed by atoms with van der Waals surface area (Å²) in [6.45, 7) is 0.284. The molecule has 2 aromatic rings. The molecule has 1 amide bonds. The van der Waals surface area contributed by atoms with E-state index < -0.39 is 5.97 Å². The minimum Gasteiger partial charge on any atom is -0.481 e. The fourth-order valence-electron chi connectivity index (χ4n) is 4.94. The highest BCUT2D eigenvalue weighted by atomic mass is 16.4. The van der Waals surface area contributed by atoms with Crippen LogP contribution in [0.2, 0.25) is 0 Å². The Morgan fingerprint density at radius 2 is 1.61 bits per heavy atom. The standard InChI is InChI=1S/C23H26N2O3/c1-24(21(26)15-25-18-12-13-20(25)19(14-18)23(27)28)22(16-8-4-2-5-9-16)17-10-6-3-7-11-17/h2-11,18-20,22H,12-15H2,1H3,(H,27,28). The second-order valence-corrected chi connectivity index (χ2v) is 7.88. The molecule has 2 saturated heterocycles. The van der Waals surface area contributed by atoms with Crippen molar-refractivity contribution < 1.29 is 14.7 Å². The molecule has 4 rings (SSSR count). The van der Waals surface area contributed by atoms with Gasteiger partial charge in [-0.15, -0.1) is 0 Å². The van der Waals surface area contributed by atoms with Gasteiger partial charge in [0.25, 0.3) is 0 Å². The Kier molecular flexibility index (Phi) is 5.18. The number of benzene rings is 2. The molecule has 0 aromatic heterocycles. The topological polar surface area (TPSA) is 60.9 Å². The molecule has 2 aromatic carbocycles. The summed E-state index contributed by atoms with van der Waals surface area (Å²) in [6.07, 6.45) is 2.53. The number of carbonyl (C=O) groups is 2. The van der Waals surface area contributed by atoms with Crippen LogP contribution in [0.4, 0.5) is 0 Å². The number of fused-ring (bicyclic) bond motifs is 2. The van der Waals surface area contributed by atoms with E-state index in [1.807, 2.05) is 67.7 Å². The number of rotatable bonds is 6. The molecule has 2 aliphatic heterocycles. The Hall–Kier alpha value is -2.66. The molecular formula is C23H26N2O3. The first-order valence-electron chi connectivity index (χ1n) is 9.90. The lowest BCUT2D eigenvalue weighted by Gasteiger charge is -2.32. The van der Waals surface area contributed by atoms with Gasteiger partial charge in [0.2, 0.25) is 5.91 Å². The van der Waals surface area contributed by atoms with Crippen LogP contribution in [-0.4, -0.2) is 52.5 Å². The first-order valence-corrected chi connectivity index (χ1v) is 9.90. The second kappa shape index (κ2) is 7.76. The molecule has 1 N–H and O–H groups in total. The van der Waals surface area contributed by atoms with Crippen LogP contribution in [0.15, 0.2) is 60.7 Å². The van der Waals surface area contributed by atoms with Gasteiger partial charge in [-0.05, 0) is 30.4 Å². The Bertz CT molecular complexity index is 800. The van der Waals surface area contributed by atoms with Crippen molar-refractivity contribution in [3.63, 3.8) is 0 Å². The molecule has 5 nitrogen and oxygen atoms in total. The van der Waals surface area contributed by atoms with Crippen molar-refractivity contribution in [2.75, 3.05) is 13.6 Å². The van der Waals surface area contributed by atoms with Gasteiger partial charge in [-0.2, -0.15) is 0 Å². The average Bonchev–Trinajstić information content (AvgIpc) is 3.26. The van der Waals surface area contributed by atoms with Crippen LogP contribution in [0.5, 0.6) is 0 Å². The van der Waals surface area contributed by atoms with Gasteiger partial charge in [0.1, 0.15) is 0 Å². The van der Waals surface area contributed by atoms with Gasteiger partial charge in [0, 0.05) is 19.1 Å². The summed E-state index contributed by atoms with van der Waals surface area (Å²) in [4.78, 5) is 28.7. The highest BCUT2D eigenvalue weighted by molar-refractivity contribution is 5.79. The van der Waals surface area contributed by atoms with E-state index in [1.165, 1.54) is 0 Å². The summed E-state index contributed by atoms with van der Waals surface area (Å²) in [5, 5.41) is 9.46. The Balaban J connectivity index is 1.55. The number of hydrogen-bond donors (Lipinski definition) is 1. The summed E-state index contributed by atoms with van der Waals surface area (Å²) < 4.78 is 0. The van der Waals surface area contributed by atoms with Crippen molar-refractivity contribution in [3.05, 3.63) is 71.8 Å². The van der Waals surface area contributed by atoms with Gasteiger partial charge < -0.3 is 10.0 Å². The molecule has 0 spiro atoms. The maximum atomic E-state index is 13.2. The lowest BCUT2D eigenvalue weighted by atomic mass is 9.89. The van der Waals surface area contributed by atoms with Crippen LogP contribution < -0.4 is 0 Å². The first-order chi connectivity index (χ1) is 13.6. The molecule has 2 fully saturated rings. The fourth-order valence-corrected chi connectivity index (χ4v) is 4.94. The molecule has 2 heterocycles. The number of nitrogens with zero attached hydrogens (tertiary/aromatic N) is 2. The van der Waals surface area contributed by atoms with Crippen molar-refractivity contribution in [1.82, 2.24) is 9.80 Å². The quantitative estimate of drug-likeness (QED) is 0.839.